The normalized spacial score (nSPS) is 23.6. The Morgan fingerprint density at radius 3 is 2.45 bits per heavy atom. The van der Waals surface area contributed by atoms with Crippen LogP contribution in [-0.4, -0.2) is 17.7 Å². The first-order valence-electron chi connectivity index (χ1n) is 10.1. The molecule has 3 amide bonds. The van der Waals surface area contributed by atoms with Gasteiger partial charge in [0.05, 0.1) is 28.8 Å². The zero-order valence-electron chi connectivity index (χ0n) is 16.8. The molecule has 0 radical (unpaired) electrons. The number of amides is 3. The van der Waals surface area contributed by atoms with Crippen molar-refractivity contribution in [2.24, 2.45) is 17.8 Å². The number of carbonyl (C=O) groups excluding carboxylic acids is 3. The summed E-state index contributed by atoms with van der Waals surface area (Å²) < 4.78 is 39.6. The number of nitrogens with one attached hydrogen (secondary N) is 1. The van der Waals surface area contributed by atoms with E-state index in [2.05, 4.69) is 12.2 Å². The van der Waals surface area contributed by atoms with E-state index in [1.807, 2.05) is 0 Å². The number of imide groups is 1. The summed E-state index contributed by atoms with van der Waals surface area (Å²) in [6.07, 6.45) is -2.43. The van der Waals surface area contributed by atoms with Crippen molar-refractivity contribution in [1.82, 2.24) is 0 Å². The fourth-order valence-corrected chi connectivity index (χ4v) is 4.46. The van der Waals surface area contributed by atoms with Gasteiger partial charge < -0.3 is 5.32 Å². The van der Waals surface area contributed by atoms with Crippen LogP contribution >= 0.6 is 0 Å². The van der Waals surface area contributed by atoms with Gasteiger partial charge in [0.25, 0.3) is 5.91 Å². The molecule has 2 aromatic rings. The molecule has 2 aliphatic rings. The second-order valence-corrected chi connectivity index (χ2v) is 8.19. The van der Waals surface area contributed by atoms with Gasteiger partial charge in [-0.1, -0.05) is 25.1 Å². The van der Waals surface area contributed by atoms with Crippen LogP contribution in [0.3, 0.4) is 0 Å². The van der Waals surface area contributed by atoms with Crippen molar-refractivity contribution in [1.29, 1.82) is 0 Å². The molecule has 0 spiro atoms. The van der Waals surface area contributed by atoms with Crippen molar-refractivity contribution < 1.29 is 27.6 Å². The monoisotopic (exact) mass is 430 g/mol. The molecule has 162 valence electrons. The van der Waals surface area contributed by atoms with Gasteiger partial charge in [-0.25, -0.2) is 0 Å². The molecule has 3 atom stereocenters. The summed E-state index contributed by atoms with van der Waals surface area (Å²) in [6, 6.07) is 10.5. The highest BCUT2D eigenvalue weighted by atomic mass is 19.4. The summed E-state index contributed by atoms with van der Waals surface area (Å²) in [7, 11) is 0. The molecule has 5 nitrogen and oxygen atoms in total. The second-order valence-electron chi connectivity index (χ2n) is 8.19. The van der Waals surface area contributed by atoms with Gasteiger partial charge in [0.2, 0.25) is 11.8 Å². The first-order valence-corrected chi connectivity index (χ1v) is 10.1. The largest absolute Gasteiger partial charge is 0.418 e. The number of halogens is 3. The van der Waals surface area contributed by atoms with Crippen LogP contribution < -0.4 is 10.2 Å². The highest BCUT2D eigenvalue weighted by Gasteiger charge is 2.50. The van der Waals surface area contributed by atoms with Crippen LogP contribution in [0.15, 0.2) is 48.5 Å². The fourth-order valence-electron chi connectivity index (χ4n) is 4.46. The minimum absolute atomic E-state index is 0.0540. The van der Waals surface area contributed by atoms with Crippen LogP contribution in [0.2, 0.25) is 0 Å². The highest BCUT2D eigenvalue weighted by molar-refractivity contribution is 6.22. The van der Waals surface area contributed by atoms with Crippen LogP contribution in [0.1, 0.15) is 42.1 Å². The lowest BCUT2D eigenvalue weighted by atomic mass is 9.76. The van der Waals surface area contributed by atoms with E-state index in [9.17, 15) is 27.6 Å². The standard InChI is InChI=1S/C23H21F3N2O3/c1-13-9-10-16-17(11-13)22(31)28(21(16)30)15-6-4-5-14(12-15)20(29)27-19-8-3-2-7-18(19)23(24,25)26/h2-8,12-13,16-17H,9-11H2,1H3,(H,27,29)/t13-,16+,17-/m0/s1. The van der Waals surface area contributed by atoms with Crippen LogP contribution in [0.4, 0.5) is 24.5 Å². The third-order valence-electron chi connectivity index (χ3n) is 6.03. The Kier molecular flexibility index (Phi) is 5.33. The predicted octanol–water partition coefficient (Wildman–Crippen LogP) is 4.88. The topological polar surface area (TPSA) is 66.5 Å². The Balaban J connectivity index is 1.59. The summed E-state index contributed by atoms with van der Waals surface area (Å²) in [6.45, 7) is 2.06. The number of carbonyl (C=O) groups is 3. The molecule has 1 saturated heterocycles. The lowest BCUT2D eigenvalue weighted by molar-refractivity contribution is -0.137. The number of benzene rings is 2. The second kappa shape index (κ2) is 7.83. The predicted molar refractivity (Wildman–Crippen MR) is 108 cm³/mol. The summed E-state index contributed by atoms with van der Waals surface area (Å²) >= 11 is 0. The molecule has 0 aromatic heterocycles. The molecule has 0 bridgehead atoms. The number of alkyl halides is 3. The van der Waals surface area contributed by atoms with E-state index >= 15 is 0 Å². The zero-order valence-corrected chi connectivity index (χ0v) is 16.8. The minimum Gasteiger partial charge on any atom is -0.321 e. The average Bonchev–Trinajstić information content (AvgIpc) is 2.97. The molecular weight excluding hydrogens is 409 g/mol. The van der Waals surface area contributed by atoms with Gasteiger partial charge >= 0.3 is 6.18 Å². The Hall–Kier alpha value is -3.16. The van der Waals surface area contributed by atoms with E-state index in [-0.39, 0.29) is 40.6 Å². The number of anilines is 2. The van der Waals surface area contributed by atoms with Crippen LogP contribution in [0.25, 0.3) is 0 Å². The molecule has 1 heterocycles. The molecule has 1 saturated carbocycles. The van der Waals surface area contributed by atoms with E-state index in [4.69, 9.17) is 0 Å². The Morgan fingerprint density at radius 1 is 1.00 bits per heavy atom. The van der Waals surface area contributed by atoms with Gasteiger partial charge in [0.1, 0.15) is 0 Å². The Labute approximate surface area is 177 Å². The van der Waals surface area contributed by atoms with Crippen molar-refractivity contribution in [3.8, 4) is 0 Å². The van der Waals surface area contributed by atoms with Crippen LogP contribution in [0.5, 0.6) is 0 Å². The molecule has 1 N–H and O–H groups in total. The minimum atomic E-state index is -4.62. The lowest BCUT2D eigenvalue weighted by Crippen LogP contribution is -2.31. The maximum absolute atomic E-state index is 13.2. The van der Waals surface area contributed by atoms with Crippen molar-refractivity contribution in [2.75, 3.05) is 10.2 Å². The molecule has 4 rings (SSSR count). The molecule has 31 heavy (non-hydrogen) atoms. The first kappa shape index (κ1) is 21.1. The van der Waals surface area contributed by atoms with Crippen molar-refractivity contribution in [3.63, 3.8) is 0 Å². The van der Waals surface area contributed by atoms with Crippen molar-refractivity contribution >= 4 is 29.1 Å². The van der Waals surface area contributed by atoms with Crippen LogP contribution in [-0.2, 0) is 15.8 Å². The number of fused-ring (bicyclic) bond motifs is 1. The van der Waals surface area contributed by atoms with E-state index in [1.165, 1.54) is 36.4 Å². The molecule has 1 aliphatic carbocycles. The molecule has 2 fully saturated rings. The maximum Gasteiger partial charge on any atom is 0.418 e. The maximum atomic E-state index is 13.2. The number of nitrogens with zero attached hydrogens (tertiary/aromatic N) is 1. The Bertz CT molecular complexity index is 1050. The van der Waals surface area contributed by atoms with Gasteiger partial charge in [0, 0.05) is 5.56 Å². The van der Waals surface area contributed by atoms with Crippen molar-refractivity contribution in [3.05, 3.63) is 59.7 Å². The third kappa shape index (κ3) is 3.94. The van der Waals surface area contributed by atoms with Gasteiger partial charge in [0.15, 0.2) is 0 Å². The number of para-hydroxylation sites is 1. The summed E-state index contributed by atoms with van der Waals surface area (Å²) in [4.78, 5) is 39.5. The van der Waals surface area contributed by atoms with Gasteiger partial charge in [-0.05, 0) is 55.5 Å². The van der Waals surface area contributed by atoms with Gasteiger partial charge in [-0.2, -0.15) is 13.2 Å². The number of hydrogen-bond acceptors (Lipinski definition) is 3. The van der Waals surface area contributed by atoms with E-state index in [0.29, 0.717) is 18.8 Å². The van der Waals surface area contributed by atoms with Crippen LogP contribution in [0, 0.1) is 17.8 Å². The summed E-state index contributed by atoms with van der Waals surface area (Å²) in [5.41, 5.74) is -1.01. The molecular formula is C23H21F3N2O3. The highest BCUT2D eigenvalue weighted by Crippen LogP contribution is 2.42. The Morgan fingerprint density at radius 2 is 1.71 bits per heavy atom. The molecule has 0 unspecified atom stereocenters. The first-order chi connectivity index (χ1) is 14.7. The fraction of sp³-hybridized carbons (Fsp3) is 0.348. The van der Waals surface area contributed by atoms with Gasteiger partial charge in [-0.15, -0.1) is 0 Å². The lowest BCUT2D eigenvalue weighted by Gasteiger charge is -2.25. The SMILES string of the molecule is C[C@H]1CC[C@H]2C(=O)N(c3cccc(C(=O)Nc4ccccc4C(F)(F)F)c3)C(=O)[C@H]2C1. The summed E-state index contributed by atoms with van der Waals surface area (Å²) in [5.74, 6) is -1.65. The van der Waals surface area contributed by atoms with Crippen molar-refractivity contribution in [2.45, 2.75) is 32.4 Å². The average molecular weight is 430 g/mol. The molecule has 1 aliphatic heterocycles. The number of hydrogen-bond donors (Lipinski definition) is 1. The molecule has 8 heteroatoms. The van der Waals surface area contributed by atoms with E-state index < -0.39 is 17.6 Å². The quantitative estimate of drug-likeness (QED) is 0.706. The van der Waals surface area contributed by atoms with E-state index in [0.717, 1.165) is 17.4 Å². The third-order valence-corrected chi connectivity index (χ3v) is 6.03. The smallest absolute Gasteiger partial charge is 0.321 e. The zero-order chi connectivity index (χ0) is 22.3. The molecule has 2 aromatic carbocycles. The van der Waals surface area contributed by atoms with E-state index in [1.54, 1.807) is 6.07 Å². The number of rotatable bonds is 3. The summed E-state index contributed by atoms with van der Waals surface area (Å²) in [5, 5.41) is 2.28. The van der Waals surface area contributed by atoms with Gasteiger partial charge in [-0.3, -0.25) is 19.3 Å².